The average molecular weight is 339 g/mol. The molecule has 0 radical (unpaired) electrons. The summed E-state index contributed by atoms with van der Waals surface area (Å²) in [5.41, 5.74) is 4.09. The molecule has 2 aromatic carbocycles. The number of benzene rings is 2. The minimum atomic E-state index is -0.344. The molecule has 0 bridgehead atoms. The van der Waals surface area contributed by atoms with Gasteiger partial charge in [-0.05, 0) is 43.9 Å². The first-order valence-corrected chi connectivity index (χ1v) is 7.93. The predicted octanol–water partition coefficient (Wildman–Crippen LogP) is 3.66. The zero-order chi connectivity index (χ0) is 17.6. The largest absolute Gasteiger partial charge is 0.423 e. The fourth-order valence-electron chi connectivity index (χ4n) is 2.87. The molecule has 6 nitrogen and oxygen atoms in total. The highest BCUT2D eigenvalue weighted by Gasteiger charge is 2.12. The second-order valence-corrected chi connectivity index (χ2v) is 6.31. The van der Waals surface area contributed by atoms with E-state index in [1.807, 2.05) is 31.8 Å². The molecule has 7 heteroatoms. The number of nitrogens with one attached hydrogen (secondary N) is 1. The number of fused-ring (bicyclic) bond motifs is 2. The summed E-state index contributed by atoms with van der Waals surface area (Å²) in [6.45, 7) is 0.853. The molecule has 0 fully saturated rings. The van der Waals surface area contributed by atoms with Crippen molar-refractivity contribution < 1.29 is 8.81 Å². The molecule has 0 amide bonds. The average Bonchev–Trinajstić information content (AvgIpc) is 3.07. The van der Waals surface area contributed by atoms with E-state index in [2.05, 4.69) is 32.3 Å². The molecule has 0 atom stereocenters. The normalized spacial score (nSPS) is 11.7. The van der Waals surface area contributed by atoms with Gasteiger partial charge in [-0.15, -0.1) is 0 Å². The SMILES string of the molecule is CN(C)Cc1ccc2c(c1)nc(Nc1nc3cc(F)ccc3o1)n2C. The first kappa shape index (κ1) is 15.6. The van der Waals surface area contributed by atoms with Gasteiger partial charge in [0.2, 0.25) is 5.95 Å². The Kier molecular flexibility index (Phi) is 3.65. The number of hydrogen-bond acceptors (Lipinski definition) is 5. The van der Waals surface area contributed by atoms with Gasteiger partial charge in [-0.3, -0.25) is 5.32 Å². The van der Waals surface area contributed by atoms with Crippen molar-refractivity contribution in [2.75, 3.05) is 19.4 Å². The number of aryl methyl sites for hydroxylation is 1. The van der Waals surface area contributed by atoms with Gasteiger partial charge in [-0.25, -0.2) is 9.37 Å². The maximum Gasteiger partial charge on any atom is 0.302 e. The summed E-state index contributed by atoms with van der Waals surface area (Å²) < 4.78 is 20.8. The molecule has 0 unspecified atom stereocenters. The number of aromatic nitrogens is 3. The van der Waals surface area contributed by atoms with Crippen LogP contribution in [0.1, 0.15) is 5.56 Å². The Morgan fingerprint density at radius 2 is 1.96 bits per heavy atom. The van der Waals surface area contributed by atoms with E-state index in [0.29, 0.717) is 17.0 Å². The second kappa shape index (κ2) is 5.86. The van der Waals surface area contributed by atoms with Gasteiger partial charge < -0.3 is 13.9 Å². The van der Waals surface area contributed by atoms with E-state index in [4.69, 9.17) is 4.42 Å². The lowest BCUT2D eigenvalue weighted by atomic mass is 10.2. The van der Waals surface area contributed by atoms with Crippen LogP contribution in [0.4, 0.5) is 16.4 Å². The van der Waals surface area contributed by atoms with Crippen LogP contribution in [0.2, 0.25) is 0 Å². The van der Waals surface area contributed by atoms with Gasteiger partial charge in [0.25, 0.3) is 0 Å². The molecule has 2 aromatic heterocycles. The summed E-state index contributed by atoms with van der Waals surface area (Å²) in [7, 11) is 5.99. The van der Waals surface area contributed by atoms with Crippen molar-refractivity contribution in [2.45, 2.75) is 6.54 Å². The smallest absolute Gasteiger partial charge is 0.302 e. The van der Waals surface area contributed by atoms with Crippen LogP contribution in [-0.2, 0) is 13.6 Å². The molecule has 2 heterocycles. The maximum atomic E-state index is 13.3. The van der Waals surface area contributed by atoms with Crippen molar-refractivity contribution in [2.24, 2.45) is 7.05 Å². The minimum Gasteiger partial charge on any atom is -0.423 e. The zero-order valence-corrected chi connectivity index (χ0v) is 14.2. The minimum absolute atomic E-state index is 0.285. The van der Waals surface area contributed by atoms with Crippen LogP contribution in [0.15, 0.2) is 40.8 Å². The Bertz CT molecular complexity index is 1070. The lowest BCUT2D eigenvalue weighted by molar-refractivity contribution is 0.402. The summed E-state index contributed by atoms with van der Waals surface area (Å²) >= 11 is 0. The number of imidazole rings is 1. The Morgan fingerprint density at radius 3 is 2.76 bits per heavy atom. The van der Waals surface area contributed by atoms with Crippen molar-refractivity contribution in [3.05, 3.63) is 47.8 Å². The van der Waals surface area contributed by atoms with E-state index in [9.17, 15) is 4.39 Å². The third-order valence-electron chi connectivity index (χ3n) is 4.01. The standard InChI is InChI=1S/C18H18FN5O/c1-23(2)10-11-4-6-15-13(8-11)20-17(24(15)3)22-18-21-14-9-12(19)5-7-16(14)25-18/h4-9H,10H2,1-3H3,(H,20,21,22). The maximum absolute atomic E-state index is 13.3. The number of halogens is 1. The Hall–Kier alpha value is -2.93. The molecule has 1 N–H and O–H groups in total. The summed E-state index contributed by atoms with van der Waals surface area (Å²) in [6, 6.07) is 10.7. The van der Waals surface area contributed by atoms with Crippen molar-refractivity contribution >= 4 is 34.1 Å². The van der Waals surface area contributed by atoms with E-state index in [-0.39, 0.29) is 11.8 Å². The quantitative estimate of drug-likeness (QED) is 0.615. The van der Waals surface area contributed by atoms with Gasteiger partial charge in [-0.1, -0.05) is 6.07 Å². The summed E-state index contributed by atoms with van der Waals surface area (Å²) in [6.07, 6.45) is 0. The van der Waals surface area contributed by atoms with Gasteiger partial charge in [0.15, 0.2) is 5.58 Å². The van der Waals surface area contributed by atoms with E-state index < -0.39 is 0 Å². The fourth-order valence-corrected chi connectivity index (χ4v) is 2.87. The highest BCUT2D eigenvalue weighted by atomic mass is 19.1. The molecule has 0 aliphatic carbocycles. The van der Waals surface area contributed by atoms with Crippen molar-refractivity contribution in [3.63, 3.8) is 0 Å². The molecule has 25 heavy (non-hydrogen) atoms. The van der Waals surface area contributed by atoms with Gasteiger partial charge in [0.05, 0.1) is 11.0 Å². The van der Waals surface area contributed by atoms with Crippen LogP contribution in [-0.4, -0.2) is 33.5 Å². The van der Waals surface area contributed by atoms with Crippen molar-refractivity contribution in [1.82, 2.24) is 19.4 Å². The highest BCUT2D eigenvalue weighted by molar-refractivity contribution is 5.80. The molecule has 4 rings (SSSR count). The Labute approximate surface area is 143 Å². The second-order valence-electron chi connectivity index (χ2n) is 6.31. The number of nitrogens with zero attached hydrogens (tertiary/aromatic N) is 4. The summed E-state index contributed by atoms with van der Waals surface area (Å²) in [5, 5.41) is 3.07. The molecule has 0 saturated carbocycles. The predicted molar refractivity (Wildman–Crippen MR) is 95.4 cm³/mol. The van der Waals surface area contributed by atoms with Crippen LogP contribution in [0.25, 0.3) is 22.1 Å². The molecule has 0 spiro atoms. The zero-order valence-electron chi connectivity index (χ0n) is 14.2. The highest BCUT2D eigenvalue weighted by Crippen LogP contribution is 2.25. The van der Waals surface area contributed by atoms with Gasteiger partial charge >= 0.3 is 6.01 Å². The summed E-state index contributed by atoms with van der Waals surface area (Å²) in [5.74, 6) is 0.271. The molecule has 0 aliphatic rings. The molecular weight excluding hydrogens is 321 g/mol. The van der Waals surface area contributed by atoms with Gasteiger partial charge in [-0.2, -0.15) is 4.98 Å². The van der Waals surface area contributed by atoms with E-state index in [1.165, 1.54) is 17.7 Å². The number of oxazole rings is 1. The molecular formula is C18H18FN5O. The van der Waals surface area contributed by atoms with E-state index in [1.54, 1.807) is 6.07 Å². The van der Waals surface area contributed by atoms with Crippen LogP contribution >= 0.6 is 0 Å². The topological polar surface area (TPSA) is 59.1 Å². The fraction of sp³-hybridized carbons (Fsp3) is 0.222. The van der Waals surface area contributed by atoms with E-state index in [0.717, 1.165) is 17.6 Å². The van der Waals surface area contributed by atoms with Crippen molar-refractivity contribution in [3.8, 4) is 0 Å². The number of anilines is 2. The van der Waals surface area contributed by atoms with Gasteiger partial charge in [0.1, 0.15) is 11.3 Å². The van der Waals surface area contributed by atoms with E-state index >= 15 is 0 Å². The van der Waals surface area contributed by atoms with Crippen LogP contribution in [0.3, 0.4) is 0 Å². The number of hydrogen-bond donors (Lipinski definition) is 1. The molecule has 128 valence electrons. The first-order valence-electron chi connectivity index (χ1n) is 7.93. The molecule has 0 saturated heterocycles. The lowest BCUT2D eigenvalue weighted by Crippen LogP contribution is -2.10. The first-order chi connectivity index (χ1) is 12.0. The van der Waals surface area contributed by atoms with Crippen LogP contribution in [0, 0.1) is 5.82 Å². The Balaban J connectivity index is 1.69. The van der Waals surface area contributed by atoms with Crippen LogP contribution < -0.4 is 5.32 Å². The van der Waals surface area contributed by atoms with Crippen LogP contribution in [0.5, 0.6) is 0 Å². The Morgan fingerprint density at radius 1 is 1.12 bits per heavy atom. The molecule has 0 aliphatic heterocycles. The van der Waals surface area contributed by atoms with Crippen molar-refractivity contribution in [1.29, 1.82) is 0 Å². The number of rotatable bonds is 4. The third kappa shape index (κ3) is 2.94. The van der Waals surface area contributed by atoms with Gasteiger partial charge in [0, 0.05) is 19.7 Å². The third-order valence-corrected chi connectivity index (χ3v) is 4.01. The monoisotopic (exact) mass is 339 g/mol. The lowest BCUT2D eigenvalue weighted by Gasteiger charge is -2.09. The summed E-state index contributed by atoms with van der Waals surface area (Å²) in [4.78, 5) is 11.0. The molecule has 4 aromatic rings.